The zero-order valence-electron chi connectivity index (χ0n) is 17.3. The number of fused-ring (bicyclic) bond motifs is 3. The molecule has 0 spiro atoms. The predicted molar refractivity (Wildman–Crippen MR) is 117 cm³/mol. The van der Waals surface area contributed by atoms with Crippen molar-refractivity contribution in [3.63, 3.8) is 0 Å². The lowest BCUT2D eigenvalue weighted by molar-refractivity contribution is -0.0662. The molecular formula is C25H29N3O. The van der Waals surface area contributed by atoms with E-state index in [0.717, 1.165) is 49.2 Å². The van der Waals surface area contributed by atoms with E-state index in [1.54, 1.807) is 0 Å². The number of hydrogen-bond acceptors (Lipinski definition) is 2. The van der Waals surface area contributed by atoms with Crippen LogP contribution in [0.5, 0.6) is 0 Å². The molecule has 150 valence electrons. The Morgan fingerprint density at radius 2 is 1.59 bits per heavy atom. The highest BCUT2D eigenvalue weighted by Crippen LogP contribution is 2.46. The average molecular weight is 388 g/mol. The van der Waals surface area contributed by atoms with Gasteiger partial charge in [-0.1, -0.05) is 62.4 Å². The van der Waals surface area contributed by atoms with Crippen molar-refractivity contribution in [1.82, 2.24) is 14.8 Å². The van der Waals surface area contributed by atoms with Gasteiger partial charge in [-0.2, -0.15) is 0 Å². The van der Waals surface area contributed by atoms with Crippen molar-refractivity contribution in [1.29, 1.82) is 0 Å². The topological polar surface area (TPSA) is 39.3 Å². The molecule has 3 aromatic rings. The molecule has 1 aromatic heterocycles. The maximum Gasteiger partial charge on any atom is 0.256 e. The molecule has 0 saturated carbocycles. The number of aromatic nitrogens is 1. The molecule has 2 saturated heterocycles. The Morgan fingerprint density at radius 1 is 0.931 bits per heavy atom. The summed E-state index contributed by atoms with van der Waals surface area (Å²) in [6.07, 6.45) is 3.06. The van der Waals surface area contributed by atoms with E-state index < -0.39 is 0 Å². The Labute approximate surface area is 172 Å². The van der Waals surface area contributed by atoms with Crippen molar-refractivity contribution < 1.29 is 4.79 Å². The van der Waals surface area contributed by atoms with E-state index in [1.807, 2.05) is 30.5 Å². The van der Waals surface area contributed by atoms with Crippen LogP contribution in [0.4, 0.5) is 0 Å². The zero-order chi connectivity index (χ0) is 20.1. The molecule has 2 bridgehead atoms. The normalized spacial score (nSPS) is 27.3. The van der Waals surface area contributed by atoms with E-state index >= 15 is 0 Å². The van der Waals surface area contributed by atoms with Gasteiger partial charge in [0.1, 0.15) is 0 Å². The molecule has 1 amide bonds. The Morgan fingerprint density at radius 3 is 2.31 bits per heavy atom. The van der Waals surface area contributed by atoms with Gasteiger partial charge in [0, 0.05) is 49.8 Å². The fraction of sp³-hybridized carbons (Fsp3) is 0.400. The lowest BCUT2D eigenvalue weighted by Crippen LogP contribution is -2.62. The highest BCUT2D eigenvalue weighted by molar-refractivity contribution is 6.06. The van der Waals surface area contributed by atoms with Crippen LogP contribution in [0.25, 0.3) is 10.9 Å². The van der Waals surface area contributed by atoms with Gasteiger partial charge in [-0.05, 0) is 28.9 Å². The lowest BCUT2D eigenvalue weighted by atomic mass is 9.65. The fourth-order valence-electron chi connectivity index (χ4n) is 5.98. The van der Waals surface area contributed by atoms with Crippen LogP contribution >= 0.6 is 0 Å². The van der Waals surface area contributed by atoms with Crippen LogP contribution in [0, 0.1) is 10.8 Å². The van der Waals surface area contributed by atoms with Crippen molar-refractivity contribution in [2.45, 2.75) is 26.8 Å². The number of piperidine rings is 2. The summed E-state index contributed by atoms with van der Waals surface area (Å²) in [5.41, 5.74) is 3.45. The molecule has 0 radical (unpaired) electrons. The monoisotopic (exact) mass is 387 g/mol. The number of likely N-dealkylation sites (tertiary alicyclic amines) is 2. The van der Waals surface area contributed by atoms with Crippen LogP contribution in [0.3, 0.4) is 0 Å². The van der Waals surface area contributed by atoms with Gasteiger partial charge in [-0.25, -0.2) is 0 Å². The average Bonchev–Trinajstić information content (AvgIpc) is 3.10. The van der Waals surface area contributed by atoms with Gasteiger partial charge in [-0.15, -0.1) is 0 Å². The summed E-state index contributed by atoms with van der Waals surface area (Å²) in [5, 5.41) is 1.02. The molecule has 2 fully saturated rings. The molecule has 29 heavy (non-hydrogen) atoms. The highest BCUT2D eigenvalue weighted by Gasteiger charge is 2.49. The fourth-order valence-corrected chi connectivity index (χ4v) is 5.98. The number of benzene rings is 2. The van der Waals surface area contributed by atoms with Crippen LogP contribution in [-0.4, -0.2) is 46.9 Å². The van der Waals surface area contributed by atoms with E-state index in [4.69, 9.17) is 0 Å². The molecule has 4 heteroatoms. The number of nitrogens with one attached hydrogen (secondary N) is 1. The maximum absolute atomic E-state index is 13.5. The predicted octanol–water partition coefficient (Wildman–Crippen LogP) is 4.54. The number of carbonyl (C=O) groups excluding carboxylic acids is 1. The van der Waals surface area contributed by atoms with Gasteiger partial charge in [0.25, 0.3) is 5.91 Å². The molecule has 2 aliphatic rings. The van der Waals surface area contributed by atoms with Gasteiger partial charge in [0.15, 0.2) is 0 Å². The molecular weight excluding hydrogens is 358 g/mol. The highest BCUT2D eigenvalue weighted by atomic mass is 16.2. The molecule has 0 aliphatic carbocycles. The smallest absolute Gasteiger partial charge is 0.256 e. The molecule has 5 rings (SSSR count). The summed E-state index contributed by atoms with van der Waals surface area (Å²) in [5.74, 6) is 0.163. The molecule has 2 aromatic carbocycles. The summed E-state index contributed by atoms with van der Waals surface area (Å²) in [7, 11) is 0. The first-order valence-electron chi connectivity index (χ1n) is 10.5. The molecule has 1 N–H and O–H groups in total. The third-order valence-corrected chi connectivity index (χ3v) is 6.57. The van der Waals surface area contributed by atoms with E-state index in [1.165, 1.54) is 12.0 Å². The molecule has 4 nitrogen and oxygen atoms in total. The SMILES string of the molecule is CC12CN(Cc3ccccc3)CC(C)(CN(C(=O)c3c[nH]c4ccccc34)C1)C2. The van der Waals surface area contributed by atoms with Gasteiger partial charge in [0.2, 0.25) is 0 Å². The number of amides is 1. The third-order valence-electron chi connectivity index (χ3n) is 6.57. The molecule has 2 atom stereocenters. The summed E-state index contributed by atoms with van der Waals surface area (Å²) in [6.45, 7) is 9.43. The van der Waals surface area contributed by atoms with Crippen molar-refractivity contribution in [2.75, 3.05) is 26.2 Å². The summed E-state index contributed by atoms with van der Waals surface area (Å²) in [4.78, 5) is 21.4. The minimum atomic E-state index is 0.127. The summed E-state index contributed by atoms with van der Waals surface area (Å²) >= 11 is 0. The van der Waals surface area contributed by atoms with Gasteiger partial charge < -0.3 is 9.88 Å². The van der Waals surface area contributed by atoms with Crippen molar-refractivity contribution >= 4 is 16.8 Å². The van der Waals surface area contributed by atoms with Crippen LogP contribution in [0.1, 0.15) is 36.2 Å². The van der Waals surface area contributed by atoms with Crippen LogP contribution in [0.2, 0.25) is 0 Å². The maximum atomic E-state index is 13.5. The first-order valence-corrected chi connectivity index (χ1v) is 10.5. The quantitative estimate of drug-likeness (QED) is 0.716. The number of carbonyl (C=O) groups is 1. The number of H-pyrrole nitrogens is 1. The number of hydrogen-bond donors (Lipinski definition) is 1. The van der Waals surface area contributed by atoms with Crippen molar-refractivity contribution in [2.24, 2.45) is 10.8 Å². The largest absolute Gasteiger partial charge is 0.360 e. The minimum Gasteiger partial charge on any atom is -0.360 e. The van der Waals surface area contributed by atoms with Gasteiger partial charge in [-0.3, -0.25) is 9.69 Å². The number of aromatic amines is 1. The van der Waals surface area contributed by atoms with E-state index in [0.29, 0.717) is 0 Å². The van der Waals surface area contributed by atoms with Crippen LogP contribution < -0.4 is 0 Å². The first-order chi connectivity index (χ1) is 13.9. The van der Waals surface area contributed by atoms with Crippen molar-refractivity contribution in [3.05, 3.63) is 71.9 Å². The number of rotatable bonds is 3. The second-order valence-electron chi connectivity index (χ2n) is 9.84. The zero-order valence-corrected chi connectivity index (χ0v) is 17.3. The van der Waals surface area contributed by atoms with Crippen LogP contribution in [0.15, 0.2) is 60.8 Å². The Kier molecular flexibility index (Phi) is 4.28. The van der Waals surface area contributed by atoms with Crippen LogP contribution in [-0.2, 0) is 6.54 Å². The molecule has 2 unspecified atom stereocenters. The van der Waals surface area contributed by atoms with E-state index in [2.05, 4.69) is 59.0 Å². The Balaban J connectivity index is 1.38. The van der Waals surface area contributed by atoms with Crippen molar-refractivity contribution in [3.8, 4) is 0 Å². The molecule has 3 heterocycles. The van der Waals surface area contributed by atoms with E-state index in [-0.39, 0.29) is 16.7 Å². The second-order valence-corrected chi connectivity index (χ2v) is 9.84. The number of para-hydroxylation sites is 1. The summed E-state index contributed by atoms with van der Waals surface area (Å²) < 4.78 is 0. The molecule has 2 aliphatic heterocycles. The van der Waals surface area contributed by atoms with Gasteiger partial charge >= 0.3 is 0 Å². The van der Waals surface area contributed by atoms with E-state index in [9.17, 15) is 4.79 Å². The Bertz CT molecular complexity index is 1020. The minimum absolute atomic E-state index is 0.127. The first kappa shape index (κ1) is 18.4. The second kappa shape index (κ2) is 6.74. The number of nitrogens with zero attached hydrogens (tertiary/aromatic N) is 2. The summed E-state index contributed by atoms with van der Waals surface area (Å²) in [6, 6.07) is 18.8. The standard InChI is InChI=1S/C25H29N3O/c1-24-14-25(2,16-27(15-24)13-19-8-4-3-5-9-19)18-28(17-24)23(29)21-12-26-22-11-7-6-10-20(21)22/h3-12,26H,13-18H2,1-2H3. The lowest BCUT2D eigenvalue weighted by Gasteiger charge is -2.56. The van der Waals surface area contributed by atoms with Gasteiger partial charge in [0.05, 0.1) is 5.56 Å². The Hall–Kier alpha value is -2.59. The third kappa shape index (κ3) is 3.46.